The third-order valence-corrected chi connectivity index (χ3v) is 5.65. The number of rotatable bonds is 5. The Morgan fingerprint density at radius 2 is 1.65 bits per heavy atom. The minimum Gasteiger partial charge on any atom is -0.359 e. The number of nitrogens with one attached hydrogen (secondary N) is 1. The molecule has 0 aliphatic heterocycles. The molecule has 0 bridgehead atoms. The van der Waals surface area contributed by atoms with Crippen molar-refractivity contribution in [1.29, 1.82) is 0 Å². The third kappa shape index (κ3) is 4.70. The number of likely N-dealkylation sites (N-methyl/N-ethyl adjacent to an activating group) is 1. The molecule has 0 heterocycles. The Labute approximate surface area is 145 Å². The predicted octanol–water partition coefficient (Wildman–Crippen LogP) is 3.26. The van der Waals surface area contributed by atoms with Crippen LogP contribution >= 0.6 is 23.2 Å². The van der Waals surface area contributed by atoms with Crippen LogP contribution in [0.5, 0.6) is 0 Å². The molecule has 1 N–H and O–H groups in total. The van der Waals surface area contributed by atoms with Gasteiger partial charge in [0.25, 0.3) is 0 Å². The smallest absolute Gasteiger partial charge is 0.224 e. The molecule has 0 saturated heterocycles. The molecule has 0 aromatic heterocycles. The van der Waals surface area contributed by atoms with Crippen molar-refractivity contribution in [3.05, 3.63) is 63.6 Å². The molecule has 0 radical (unpaired) electrons. The van der Waals surface area contributed by atoms with E-state index in [1.54, 1.807) is 31.3 Å². The van der Waals surface area contributed by atoms with Crippen molar-refractivity contribution >= 4 is 38.9 Å². The minimum absolute atomic E-state index is 0.0149. The summed E-state index contributed by atoms with van der Waals surface area (Å²) in [6.07, 6.45) is 0.254. The highest BCUT2D eigenvalue weighted by molar-refractivity contribution is 7.90. The Kier molecular flexibility index (Phi) is 5.68. The monoisotopic (exact) mass is 371 g/mol. The van der Waals surface area contributed by atoms with E-state index in [2.05, 4.69) is 5.32 Å². The van der Waals surface area contributed by atoms with Crippen molar-refractivity contribution in [3.8, 4) is 0 Å². The van der Waals surface area contributed by atoms with Crippen LogP contribution in [0.25, 0.3) is 0 Å². The number of halogens is 2. The van der Waals surface area contributed by atoms with Gasteiger partial charge in [0.1, 0.15) is 0 Å². The molecule has 2 aromatic carbocycles. The summed E-state index contributed by atoms with van der Waals surface area (Å²) in [6, 6.07) is 11.2. The van der Waals surface area contributed by atoms with Crippen LogP contribution in [0.1, 0.15) is 11.1 Å². The molecule has 1 amide bonds. The Bertz CT molecular complexity index is 818. The fraction of sp³-hybridized carbons (Fsp3) is 0.188. The van der Waals surface area contributed by atoms with Gasteiger partial charge in [-0.15, -0.1) is 0 Å². The first-order valence-electron chi connectivity index (χ1n) is 6.78. The number of hydrogen-bond acceptors (Lipinski definition) is 3. The maximum absolute atomic E-state index is 12.5. The fourth-order valence-electron chi connectivity index (χ4n) is 2.04. The summed E-state index contributed by atoms with van der Waals surface area (Å²) >= 11 is 11.8. The highest BCUT2D eigenvalue weighted by Gasteiger charge is 2.19. The molecule has 0 aliphatic rings. The quantitative estimate of drug-likeness (QED) is 0.876. The summed E-state index contributed by atoms with van der Waals surface area (Å²) in [4.78, 5) is 11.3. The molecular formula is C16H15Cl2NO3S. The lowest BCUT2D eigenvalue weighted by Crippen LogP contribution is -2.19. The molecule has 0 spiro atoms. The first kappa shape index (κ1) is 17.8. The van der Waals surface area contributed by atoms with Crippen molar-refractivity contribution in [3.63, 3.8) is 0 Å². The summed E-state index contributed by atoms with van der Waals surface area (Å²) in [5.41, 5.74) is 1.42. The van der Waals surface area contributed by atoms with E-state index in [9.17, 15) is 13.2 Å². The van der Waals surface area contributed by atoms with E-state index in [-0.39, 0.29) is 28.0 Å². The second kappa shape index (κ2) is 7.34. The third-order valence-electron chi connectivity index (χ3n) is 3.25. The summed E-state index contributed by atoms with van der Waals surface area (Å²) in [5, 5.41) is 3.00. The van der Waals surface area contributed by atoms with E-state index >= 15 is 0 Å². The molecule has 0 unspecified atom stereocenters. The zero-order chi connectivity index (χ0) is 17.0. The average molecular weight is 372 g/mol. The maximum Gasteiger partial charge on any atom is 0.224 e. The summed E-state index contributed by atoms with van der Waals surface area (Å²) in [5.74, 6) is -0.288. The number of hydrogen-bond donors (Lipinski definition) is 1. The van der Waals surface area contributed by atoms with Gasteiger partial charge in [-0.3, -0.25) is 4.79 Å². The van der Waals surface area contributed by atoms with Crippen LogP contribution in [-0.4, -0.2) is 21.4 Å². The minimum atomic E-state index is -3.60. The highest BCUT2D eigenvalue weighted by Crippen LogP contribution is 2.27. The zero-order valence-corrected chi connectivity index (χ0v) is 14.7. The van der Waals surface area contributed by atoms with Crippen molar-refractivity contribution in [2.45, 2.75) is 17.1 Å². The maximum atomic E-state index is 12.5. The van der Waals surface area contributed by atoms with Crippen LogP contribution in [0, 0.1) is 0 Å². The lowest BCUT2D eigenvalue weighted by Gasteiger charge is -2.08. The average Bonchev–Trinajstić information content (AvgIpc) is 2.51. The molecule has 0 atom stereocenters. The van der Waals surface area contributed by atoms with Crippen LogP contribution in [0.15, 0.2) is 47.4 Å². The lowest BCUT2D eigenvalue weighted by atomic mass is 10.1. The van der Waals surface area contributed by atoms with Crippen LogP contribution in [0.4, 0.5) is 0 Å². The highest BCUT2D eigenvalue weighted by atomic mass is 35.5. The zero-order valence-electron chi connectivity index (χ0n) is 12.3. The van der Waals surface area contributed by atoms with E-state index < -0.39 is 9.84 Å². The Hall–Kier alpha value is -1.56. The van der Waals surface area contributed by atoms with Crippen molar-refractivity contribution < 1.29 is 13.2 Å². The number of amides is 1. The fourth-order valence-corrected chi connectivity index (χ4v) is 4.21. The van der Waals surface area contributed by atoms with Gasteiger partial charge in [-0.25, -0.2) is 8.42 Å². The summed E-state index contributed by atoms with van der Waals surface area (Å²) < 4.78 is 25.0. The number of carbonyl (C=O) groups is 1. The Morgan fingerprint density at radius 3 is 2.26 bits per heavy atom. The second-order valence-corrected chi connectivity index (χ2v) is 7.80. The molecule has 0 fully saturated rings. The summed E-state index contributed by atoms with van der Waals surface area (Å²) in [6.45, 7) is 0. The molecule has 4 nitrogen and oxygen atoms in total. The van der Waals surface area contributed by atoms with Gasteiger partial charge in [0.05, 0.1) is 22.1 Å². The van der Waals surface area contributed by atoms with Gasteiger partial charge in [0.2, 0.25) is 5.91 Å². The van der Waals surface area contributed by atoms with Gasteiger partial charge < -0.3 is 5.32 Å². The van der Waals surface area contributed by atoms with Gasteiger partial charge in [-0.05, 0) is 29.3 Å². The normalized spacial score (nSPS) is 11.3. The molecule has 0 saturated carbocycles. The molecule has 7 heteroatoms. The van der Waals surface area contributed by atoms with E-state index in [1.807, 2.05) is 0 Å². The van der Waals surface area contributed by atoms with E-state index in [0.717, 1.165) is 5.56 Å². The van der Waals surface area contributed by atoms with Gasteiger partial charge in [-0.1, -0.05) is 47.5 Å². The lowest BCUT2D eigenvalue weighted by molar-refractivity contribution is -0.119. The van der Waals surface area contributed by atoms with Crippen LogP contribution in [0.2, 0.25) is 10.0 Å². The summed E-state index contributed by atoms with van der Waals surface area (Å²) in [7, 11) is -2.04. The Morgan fingerprint density at radius 1 is 1.04 bits per heavy atom. The van der Waals surface area contributed by atoms with Crippen molar-refractivity contribution in [2.75, 3.05) is 7.05 Å². The first-order valence-corrected chi connectivity index (χ1v) is 9.19. The van der Waals surface area contributed by atoms with Crippen molar-refractivity contribution in [1.82, 2.24) is 5.32 Å². The first-order chi connectivity index (χ1) is 10.8. The van der Waals surface area contributed by atoms with Crippen LogP contribution in [0.3, 0.4) is 0 Å². The molecule has 23 heavy (non-hydrogen) atoms. The molecule has 0 aliphatic carbocycles. The van der Waals surface area contributed by atoms with Gasteiger partial charge in [0, 0.05) is 12.1 Å². The largest absolute Gasteiger partial charge is 0.359 e. The van der Waals surface area contributed by atoms with Crippen LogP contribution in [-0.2, 0) is 26.8 Å². The molecule has 2 aromatic rings. The topological polar surface area (TPSA) is 63.2 Å². The number of sulfone groups is 1. The Balaban J connectivity index is 2.20. The molecule has 122 valence electrons. The predicted molar refractivity (Wildman–Crippen MR) is 91.6 cm³/mol. The second-order valence-electron chi connectivity index (χ2n) is 5.00. The van der Waals surface area contributed by atoms with Crippen LogP contribution < -0.4 is 5.32 Å². The number of benzene rings is 2. The van der Waals surface area contributed by atoms with Gasteiger partial charge in [-0.2, -0.15) is 0 Å². The van der Waals surface area contributed by atoms with Gasteiger partial charge in [0.15, 0.2) is 9.84 Å². The van der Waals surface area contributed by atoms with E-state index in [1.165, 1.54) is 18.2 Å². The van der Waals surface area contributed by atoms with E-state index in [0.29, 0.717) is 10.6 Å². The number of carbonyl (C=O) groups excluding carboxylic acids is 1. The standard InChI is InChI=1S/C16H15Cl2NO3S/c1-19-16(20)8-11-2-4-12(5-3-11)10-23(21,22)15-9-13(17)6-7-14(15)18/h2-7,9H,8,10H2,1H3,(H,19,20). The van der Waals surface area contributed by atoms with Gasteiger partial charge >= 0.3 is 0 Å². The van der Waals surface area contributed by atoms with E-state index in [4.69, 9.17) is 23.2 Å². The molecular weight excluding hydrogens is 357 g/mol. The SMILES string of the molecule is CNC(=O)Cc1ccc(CS(=O)(=O)c2cc(Cl)ccc2Cl)cc1. The molecule has 2 rings (SSSR count). The van der Waals surface area contributed by atoms with Crippen molar-refractivity contribution in [2.24, 2.45) is 0 Å².